The van der Waals surface area contributed by atoms with E-state index < -0.39 is 0 Å². The second kappa shape index (κ2) is 9.07. The third kappa shape index (κ3) is 5.12. The normalized spacial score (nSPS) is 10.3. The number of hydrogen-bond donors (Lipinski definition) is 4. The molecule has 0 aliphatic rings. The summed E-state index contributed by atoms with van der Waals surface area (Å²) in [6.07, 6.45) is 0.161. The number of nitrogen functional groups attached to an aromatic ring is 1. The van der Waals surface area contributed by atoms with Gasteiger partial charge in [0.15, 0.2) is 0 Å². The Kier molecular flexibility index (Phi) is 6.31. The molecule has 0 aliphatic heterocycles. The van der Waals surface area contributed by atoms with E-state index in [1.807, 2.05) is 30.3 Å². The van der Waals surface area contributed by atoms with Gasteiger partial charge in [0.1, 0.15) is 0 Å². The molecule has 0 heterocycles. The quantitative estimate of drug-likeness (QED) is 0.378. The predicted octanol–water partition coefficient (Wildman–Crippen LogP) is 3.67. The summed E-state index contributed by atoms with van der Waals surface area (Å²) >= 11 is 1.14. The Labute approximate surface area is 167 Å². The summed E-state index contributed by atoms with van der Waals surface area (Å²) < 4.78 is 0. The van der Waals surface area contributed by atoms with Gasteiger partial charge in [0.05, 0.1) is 6.42 Å². The van der Waals surface area contributed by atoms with Crippen LogP contribution in [0.25, 0.3) is 0 Å². The van der Waals surface area contributed by atoms with Gasteiger partial charge < -0.3 is 16.4 Å². The minimum atomic E-state index is -0.267. The molecule has 0 aliphatic carbocycles. The molecule has 0 aromatic heterocycles. The van der Waals surface area contributed by atoms with Gasteiger partial charge in [-0.05, 0) is 66.0 Å². The number of para-hydroxylation sites is 1. The Morgan fingerprint density at radius 1 is 0.857 bits per heavy atom. The molecule has 0 atom stereocenters. The molecular weight excluding hydrogens is 372 g/mol. The minimum Gasteiger partial charge on any atom is -0.398 e. The molecule has 0 unspecified atom stereocenters. The zero-order chi connectivity index (χ0) is 19.9. The third-order valence-electron chi connectivity index (χ3n) is 4.06. The molecule has 0 saturated carbocycles. The Hall–Kier alpha value is -3.29. The number of carbonyl (C=O) groups is 2. The molecule has 0 radical (unpaired) electrons. The van der Waals surface area contributed by atoms with Gasteiger partial charge in [-0.3, -0.25) is 14.7 Å². The lowest BCUT2D eigenvalue weighted by Crippen LogP contribution is -2.16. The van der Waals surface area contributed by atoms with E-state index >= 15 is 0 Å². The van der Waals surface area contributed by atoms with Crippen molar-refractivity contribution in [1.29, 1.82) is 0 Å². The van der Waals surface area contributed by atoms with Crippen LogP contribution in [0.3, 0.4) is 0 Å². The van der Waals surface area contributed by atoms with Gasteiger partial charge in [-0.15, -0.1) is 0 Å². The molecule has 7 heteroatoms. The number of amides is 2. The molecular formula is C21H20N4O2S. The van der Waals surface area contributed by atoms with Crippen LogP contribution in [0.4, 0.5) is 17.1 Å². The summed E-state index contributed by atoms with van der Waals surface area (Å²) in [7, 11) is 0. The van der Waals surface area contributed by atoms with E-state index in [0.29, 0.717) is 22.6 Å². The van der Waals surface area contributed by atoms with E-state index in [1.165, 1.54) is 0 Å². The number of carbonyl (C=O) groups excluding carboxylic acids is 2. The zero-order valence-corrected chi connectivity index (χ0v) is 15.8. The summed E-state index contributed by atoms with van der Waals surface area (Å²) in [5, 5.41) is 11.1. The first-order valence-corrected chi connectivity index (χ1v) is 9.44. The number of rotatable bonds is 6. The van der Waals surface area contributed by atoms with Crippen LogP contribution in [0, 0.1) is 0 Å². The first-order chi connectivity index (χ1) is 13.5. The SMILES string of the molecule is NSc1ccc(NC(=O)c2cccc(NC(=O)Cc3ccccc3N)c2)cc1. The van der Waals surface area contributed by atoms with Gasteiger partial charge in [-0.1, -0.05) is 24.3 Å². The maximum atomic E-state index is 12.5. The van der Waals surface area contributed by atoms with Crippen molar-refractivity contribution in [2.24, 2.45) is 5.14 Å². The molecule has 0 bridgehead atoms. The van der Waals surface area contributed by atoms with Crippen LogP contribution in [0.15, 0.2) is 77.7 Å². The first kappa shape index (κ1) is 19.5. The number of hydrogen-bond acceptors (Lipinski definition) is 5. The minimum absolute atomic E-state index is 0.161. The van der Waals surface area contributed by atoms with Gasteiger partial charge in [0.25, 0.3) is 5.91 Å². The van der Waals surface area contributed by atoms with Gasteiger partial charge >= 0.3 is 0 Å². The highest BCUT2D eigenvalue weighted by atomic mass is 32.2. The topological polar surface area (TPSA) is 110 Å². The van der Waals surface area contributed by atoms with Crippen molar-refractivity contribution in [3.8, 4) is 0 Å². The van der Waals surface area contributed by atoms with E-state index in [1.54, 1.807) is 42.5 Å². The van der Waals surface area contributed by atoms with Crippen molar-refractivity contribution in [3.05, 3.63) is 83.9 Å². The van der Waals surface area contributed by atoms with Crippen molar-refractivity contribution >= 4 is 40.8 Å². The highest BCUT2D eigenvalue weighted by Gasteiger charge is 2.10. The molecule has 6 N–H and O–H groups in total. The summed E-state index contributed by atoms with van der Waals surface area (Å²) in [6, 6.07) is 21.2. The monoisotopic (exact) mass is 392 g/mol. The van der Waals surface area contributed by atoms with Crippen LogP contribution < -0.4 is 21.5 Å². The Balaban J connectivity index is 1.65. The Morgan fingerprint density at radius 3 is 2.32 bits per heavy atom. The number of benzene rings is 3. The molecule has 28 heavy (non-hydrogen) atoms. The van der Waals surface area contributed by atoms with Gasteiger partial charge in [0.2, 0.25) is 5.91 Å². The number of nitrogens with one attached hydrogen (secondary N) is 2. The average Bonchev–Trinajstić information content (AvgIpc) is 2.70. The molecule has 142 valence electrons. The molecule has 3 rings (SSSR count). The summed E-state index contributed by atoms with van der Waals surface area (Å²) in [5.74, 6) is -0.470. The highest BCUT2D eigenvalue weighted by Crippen LogP contribution is 2.18. The van der Waals surface area contributed by atoms with Gasteiger partial charge in [-0.2, -0.15) is 0 Å². The Morgan fingerprint density at radius 2 is 1.61 bits per heavy atom. The van der Waals surface area contributed by atoms with Crippen molar-refractivity contribution in [2.45, 2.75) is 11.3 Å². The smallest absolute Gasteiger partial charge is 0.255 e. The van der Waals surface area contributed by atoms with Crippen molar-refractivity contribution < 1.29 is 9.59 Å². The fourth-order valence-electron chi connectivity index (χ4n) is 2.63. The fraction of sp³-hybridized carbons (Fsp3) is 0.0476. The maximum absolute atomic E-state index is 12.5. The molecule has 3 aromatic carbocycles. The van der Waals surface area contributed by atoms with Crippen LogP contribution >= 0.6 is 11.9 Å². The van der Waals surface area contributed by atoms with Crippen LogP contribution in [0.2, 0.25) is 0 Å². The molecule has 0 saturated heterocycles. The summed E-state index contributed by atoms with van der Waals surface area (Å²) in [6.45, 7) is 0. The van der Waals surface area contributed by atoms with E-state index in [9.17, 15) is 9.59 Å². The summed E-state index contributed by atoms with van der Waals surface area (Å²) in [5.41, 5.74) is 8.85. The largest absolute Gasteiger partial charge is 0.398 e. The van der Waals surface area contributed by atoms with E-state index in [-0.39, 0.29) is 18.2 Å². The van der Waals surface area contributed by atoms with Crippen LogP contribution in [-0.2, 0) is 11.2 Å². The molecule has 3 aromatic rings. The lowest BCUT2D eigenvalue weighted by molar-refractivity contribution is -0.115. The van der Waals surface area contributed by atoms with Crippen molar-refractivity contribution in [2.75, 3.05) is 16.4 Å². The lowest BCUT2D eigenvalue weighted by atomic mass is 10.1. The first-order valence-electron chi connectivity index (χ1n) is 8.56. The second-order valence-electron chi connectivity index (χ2n) is 6.10. The van der Waals surface area contributed by atoms with E-state index in [4.69, 9.17) is 10.9 Å². The van der Waals surface area contributed by atoms with Crippen LogP contribution in [0.5, 0.6) is 0 Å². The number of anilines is 3. The fourth-order valence-corrected chi connectivity index (χ4v) is 2.92. The molecule has 2 amide bonds. The van der Waals surface area contributed by atoms with Gasteiger partial charge in [-0.25, -0.2) is 0 Å². The van der Waals surface area contributed by atoms with Crippen molar-refractivity contribution in [3.63, 3.8) is 0 Å². The third-order valence-corrected chi connectivity index (χ3v) is 4.61. The standard InChI is InChI=1S/C21H20N4O2S/c22-19-7-2-1-4-14(19)13-20(26)24-17-6-3-5-15(12-17)21(27)25-16-8-10-18(28-23)11-9-16/h1-12H,13,22-23H2,(H,24,26)(H,25,27). The second-order valence-corrected chi connectivity index (χ2v) is 6.81. The lowest BCUT2D eigenvalue weighted by Gasteiger charge is -2.09. The van der Waals surface area contributed by atoms with E-state index in [2.05, 4.69) is 10.6 Å². The van der Waals surface area contributed by atoms with E-state index in [0.717, 1.165) is 22.4 Å². The van der Waals surface area contributed by atoms with Crippen molar-refractivity contribution in [1.82, 2.24) is 0 Å². The predicted molar refractivity (Wildman–Crippen MR) is 114 cm³/mol. The van der Waals surface area contributed by atoms with Gasteiger partial charge in [0, 0.05) is 27.5 Å². The average molecular weight is 392 g/mol. The molecule has 0 spiro atoms. The highest BCUT2D eigenvalue weighted by molar-refractivity contribution is 7.97. The maximum Gasteiger partial charge on any atom is 0.255 e. The number of nitrogens with two attached hydrogens (primary N) is 2. The van der Waals surface area contributed by atoms with Crippen LogP contribution in [0.1, 0.15) is 15.9 Å². The summed E-state index contributed by atoms with van der Waals surface area (Å²) in [4.78, 5) is 25.7. The zero-order valence-electron chi connectivity index (χ0n) is 15.0. The van der Waals surface area contributed by atoms with Crippen LogP contribution in [-0.4, -0.2) is 11.8 Å². The molecule has 0 fully saturated rings. The Bertz CT molecular complexity index is 990. The molecule has 6 nitrogen and oxygen atoms in total.